The lowest BCUT2D eigenvalue weighted by Gasteiger charge is -2.12. The molecule has 0 atom stereocenters. The normalized spacial score (nSPS) is 11.1. The third-order valence-corrected chi connectivity index (χ3v) is 6.10. The molecule has 0 bridgehead atoms. The van der Waals surface area contributed by atoms with Crippen LogP contribution in [0, 0.1) is 27.7 Å². The van der Waals surface area contributed by atoms with Crippen LogP contribution in [0.25, 0.3) is 16.7 Å². The molecule has 33 heavy (non-hydrogen) atoms. The summed E-state index contributed by atoms with van der Waals surface area (Å²) in [5.74, 6) is 0.830. The van der Waals surface area contributed by atoms with Gasteiger partial charge in [-0.2, -0.15) is 5.10 Å². The number of benzene rings is 2. The van der Waals surface area contributed by atoms with Crippen LogP contribution >= 0.6 is 0 Å². The molecule has 170 valence electrons. The Morgan fingerprint density at radius 1 is 0.970 bits per heavy atom. The predicted octanol–water partition coefficient (Wildman–Crippen LogP) is 4.91. The van der Waals surface area contributed by atoms with Gasteiger partial charge in [0.05, 0.1) is 18.5 Å². The Morgan fingerprint density at radius 2 is 1.67 bits per heavy atom. The zero-order valence-electron chi connectivity index (χ0n) is 19.9. The first-order valence-electron chi connectivity index (χ1n) is 11.2. The van der Waals surface area contributed by atoms with E-state index < -0.39 is 0 Å². The summed E-state index contributed by atoms with van der Waals surface area (Å²) in [7, 11) is 1.64. The Kier molecular flexibility index (Phi) is 6.45. The number of nitrogens with zero attached hydrogens (tertiary/aromatic N) is 3. The van der Waals surface area contributed by atoms with Crippen molar-refractivity contribution in [3.05, 3.63) is 82.2 Å². The summed E-state index contributed by atoms with van der Waals surface area (Å²) in [5, 5.41) is 8.84. The summed E-state index contributed by atoms with van der Waals surface area (Å²) in [5.41, 5.74) is 8.26. The van der Waals surface area contributed by atoms with Gasteiger partial charge >= 0.3 is 0 Å². The van der Waals surface area contributed by atoms with Gasteiger partial charge in [0.1, 0.15) is 5.75 Å². The average molecular weight is 443 g/mol. The zero-order chi connectivity index (χ0) is 23.5. The lowest BCUT2D eigenvalue weighted by molar-refractivity contribution is -0.121. The number of amides is 1. The molecule has 4 rings (SSSR count). The van der Waals surface area contributed by atoms with E-state index >= 15 is 0 Å². The van der Waals surface area contributed by atoms with E-state index in [0.717, 1.165) is 50.5 Å². The molecule has 2 heterocycles. The van der Waals surface area contributed by atoms with Crippen LogP contribution in [0.3, 0.4) is 0 Å². The first kappa shape index (κ1) is 22.5. The van der Waals surface area contributed by atoms with Crippen LogP contribution in [-0.2, 0) is 17.8 Å². The Labute approximate surface area is 194 Å². The van der Waals surface area contributed by atoms with E-state index in [-0.39, 0.29) is 5.91 Å². The maximum atomic E-state index is 12.5. The highest BCUT2D eigenvalue weighted by atomic mass is 16.5. The van der Waals surface area contributed by atoms with E-state index in [0.29, 0.717) is 19.4 Å². The Balaban J connectivity index is 1.50. The van der Waals surface area contributed by atoms with Crippen LogP contribution in [0.15, 0.2) is 48.5 Å². The highest BCUT2D eigenvalue weighted by molar-refractivity contribution is 5.85. The molecule has 1 amide bonds. The van der Waals surface area contributed by atoms with E-state index in [1.807, 2.05) is 42.8 Å². The van der Waals surface area contributed by atoms with Gasteiger partial charge in [-0.15, -0.1) is 0 Å². The molecule has 0 fully saturated rings. The second kappa shape index (κ2) is 9.45. The lowest BCUT2D eigenvalue weighted by Crippen LogP contribution is -2.23. The first-order chi connectivity index (χ1) is 15.9. The molecule has 0 spiro atoms. The number of fused-ring (bicyclic) bond motifs is 1. The number of carbonyl (C=O) groups excluding carboxylic acids is 1. The number of rotatable bonds is 7. The van der Waals surface area contributed by atoms with E-state index in [1.165, 1.54) is 5.56 Å². The van der Waals surface area contributed by atoms with Gasteiger partial charge in [-0.05, 0) is 75.1 Å². The van der Waals surface area contributed by atoms with Crippen LogP contribution in [0.1, 0.15) is 40.1 Å². The maximum Gasteiger partial charge on any atom is 0.220 e. The molecule has 2 aromatic heterocycles. The number of nitrogens with one attached hydrogen (secondary N) is 1. The van der Waals surface area contributed by atoms with Crippen molar-refractivity contribution in [1.29, 1.82) is 0 Å². The lowest BCUT2D eigenvalue weighted by atomic mass is 9.99. The molecule has 0 aliphatic rings. The van der Waals surface area contributed by atoms with E-state index in [2.05, 4.69) is 43.4 Å². The summed E-state index contributed by atoms with van der Waals surface area (Å²) in [6.45, 7) is 8.71. The summed E-state index contributed by atoms with van der Waals surface area (Å²) in [6, 6.07) is 16.0. The monoisotopic (exact) mass is 442 g/mol. The molecule has 1 N–H and O–H groups in total. The molecule has 2 aromatic carbocycles. The van der Waals surface area contributed by atoms with Gasteiger partial charge in [0.15, 0.2) is 5.65 Å². The summed E-state index contributed by atoms with van der Waals surface area (Å²) in [6.07, 6.45) is 1.06. The number of pyridine rings is 1. The number of aryl methyl sites for hydroxylation is 4. The van der Waals surface area contributed by atoms with Gasteiger partial charge in [-0.1, -0.05) is 29.8 Å². The standard InChI is InChI=1S/C27H30N4O2/c1-17-6-10-22(11-7-17)31-27-26(20(4)30-31)18(2)24(19(3)29-27)14-15-25(32)28-16-21-8-12-23(33-5)13-9-21/h6-13H,14-16H2,1-5H3,(H,28,32). The molecule has 0 aliphatic heterocycles. The fourth-order valence-electron chi connectivity index (χ4n) is 4.21. The third-order valence-electron chi connectivity index (χ3n) is 6.10. The zero-order valence-corrected chi connectivity index (χ0v) is 19.9. The minimum Gasteiger partial charge on any atom is -0.497 e. The van der Waals surface area contributed by atoms with E-state index in [4.69, 9.17) is 14.8 Å². The van der Waals surface area contributed by atoms with Gasteiger partial charge in [0.25, 0.3) is 0 Å². The summed E-state index contributed by atoms with van der Waals surface area (Å²) < 4.78 is 7.09. The van der Waals surface area contributed by atoms with Gasteiger partial charge < -0.3 is 10.1 Å². The summed E-state index contributed by atoms with van der Waals surface area (Å²) in [4.78, 5) is 17.4. The van der Waals surface area contributed by atoms with Crippen molar-refractivity contribution in [3.63, 3.8) is 0 Å². The Bertz CT molecular complexity index is 1290. The van der Waals surface area contributed by atoms with Crippen LogP contribution < -0.4 is 10.1 Å². The topological polar surface area (TPSA) is 69.0 Å². The molecule has 6 heteroatoms. The maximum absolute atomic E-state index is 12.5. The number of methoxy groups -OCH3 is 1. The minimum absolute atomic E-state index is 0.0248. The van der Waals surface area contributed by atoms with Crippen molar-refractivity contribution in [2.24, 2.45) is 0 Å². The largest absolute Gasteiger partial charge is 0.497 e. The first-order valence-corrected chi connectivity index (χ1v) is 11.2. The van der Waals surface area contributed by atoms with Crippen molar-refractivity contribution in [2.75, 3.05) is 7.11 Å². The van der Waals surface area contributed by atoms with Crippen molar-refractivity contribution in [2.45, 2.75) is 47.1 Å². The minimum atomic E-state index is 0.0248. The van der Waals surface area contributed by atoms with Gasteiger partial charge in [0, 0.05) is 24.0 Å². The van der Waals surface area contributed by atoms with Crippen molar-refractivity contribution in [1.82, 2.24) is 20.1 Å². The molecule has 0 radical (unpaired) electrons. The smallest absolute Gasteiger partial charge is 0.220 e. The fraction of sp³-hybridized carbons (Fsp3) is 0.296. The van der Waals surface area contributed by atoms with Crippen molar-refractivity contribution < 1.29 is 9.53 Å². The fourth-order valence-corrected chi connectivity index (χ4v) is 4.21. The van der Waals surface area contributed by atoms with Crippen LogP contribution in [0.2, 0.25) is 0 Å². The molecule has 0 saturated heterocycles. The Hall–Kier alpha value is -3.67. The van der Waals surface area contributed by atoms with Crippen molar-refractivity contribution in [3.8, 4) is 11.4 Å². The number of hydrogen-bond acceptors (Lipinski definition) is 4. The molecule has 0 aliphatic carbocycles. The quantitative estimate of drug-likeness (QED) is 0.441. The molecular formula is C27H30N4O2. The van der Waals surface area contributed by atoms with Gasteiger partial charge in [0.2, 0.25) is 5.91 Å². The number of hydrogen-bond donors (Lipinski definition) is 1. The number of ether oxygens (including phenoxy) is 1. The molecular weight excluding hydrogens is 412 g/mol. The van der Waals surface area contributed by atoms with Gasteiger partial charge in [-0.25, -0.2) is 9.67 Å². The van der Waals surface area contributed by atoms with Crippen LogP contribution in [0.4, 0.5) is 0 Å². The Morgan fingerprint density at radius 3 is 2.33 bits per heavy atom. The predicted molar refractivity (Wildman–Crippen MR) is 131 cm³/mol. The van der Waals surface area contributed by atoms with Gasteiger partial charge in [-0.3, -0.25) is 4.79 Å². The highest BCUT2D eigenvalue weighted by Crippen LogP contribution is 2.28. The van der Waals surface area contributed by atoms with E-state index in [1.54, 1.807) is 7.11 Å². The molecule has 4 aromatic rings. The second-order valence-electron chi connectivity index (χ2n) is 8.46. The number of aromatic nitrogens is 3. The summed E-state index contributed by atoms with van der Waals surface area (Å²) >= 11 is 0. The second-order valence-corrected chi connectivity index (χ2v) is 8.46. The van der Waals surface area contributed by atoms with E-state index in [9.17, 15) is 4.79 Å². The average Bonchev–Trinajstić information content (AvgIpc) is 3.14. The molecule has 0 saturated carbocycles. The SMILES string of the molecule is COc1ccc(CNC(=O)CCc2c(C)nc3c(c(C)nn3-c3ccc(C)cc3)c2C)cc1. The van der Waals surface area contributed by atoms with Crippen LogP contribution in [-0.4, -0.2) is 27.8 Å². The van der Waals surface area contributed by atoms with Crippen molar-refractivity contribution >= 4 is 16.9 Å². The molecule has 6 nitrogen and oxygen atoms in total. The molecule has 0 unspecified atom stereocenters. The number of carbonyl (C=O) groups is 1. The van der Waals surface area contributed by atoms with Crippen LogP contribution in [0.5, 0.6) is 5.75 Å². The highest BCUT2D eigenvalue weighted by Gasteiger charge is 2.18. The third kappa shape index (κ3) is 4.75.